The molecule has 1 atom stereocenters. The summed E-state index contributed by atoms with van der Waals surface area (Å²) >= 11 is 0. The summed E-state index contributed by atoms with van der Waals surface area (Å²) in [7, 11) is 0. The van der Waals surface area contributed by atoms with E-state index in [4.69, 9.17) is 5.73 Å². The molecular formula is C12H14N4O. The van der Waals surface area contributed by atoms with Crippen LogP contribution in [0.2, 0.25) is 0 Å². The molecule has 0 aliphatic carbocycles. The first-order valence-corrected chi connectivity index (χ1v) is 5.42. The first-order chi connectivity index (χ1) is 8.15. The predicted octanol–water partition coefficient (Wildman–Crippen LogP) is 1.31. The summed E-state index contributed by atoms with van der Waals surface area (Å²) < 4.78 is 0. The summed E-state index contributed by atoms with van der Waals surface area (Å²) in [5.74, 6) is 0.170. The molecule has 1 heterocycles. The molecule has 3 N–H and O–H groups in total. The molecular weight excluding hydrogens is 216 g/mol. The number of amides is 1. The maximum atomic E-state index is 10.8. The van der Waals surface area contributed by atoms with Crippen LogP contribution in [0.1, 0.15) is 13.3 Å². The molecule has 5 nitrogen and oxygen atoms in total. The zero-order valence-electron chi connectivity index (χ0n) is 9.55. The highest BCUT2D eigenvalue weighted by Gasteiger charge is 2.07. The van der Waals surface area contributed by atoms with E-state index in [1.54, 1.807) is 6.20 Å². The summed E-state index contributed by atoms with van der Waals surface area (Å²) in [6.45, 7) is 1.86. The first-order valence-electron chi connectivity index (χ1n) is 5.42. The van der Waals surface area contributed by atoms with Crippen molar-refractivity contribution in [2.24, 2.45) is 5.73 Å². The number of nitrogens with zero attached hydrogens (tertiary/aromatic N) is 2. The van der Waals surface area contributed by atoms with E-state index in [0.29, 0.717) is 5.95 Å². The van der Waals surface area contributed by atoms with Gasteiger partial charge in [-0.15, -0.1) is 0 Å². The van der Waals surface area contributed by atoms with Crippen LogP contribution in [-0.2, 0) is 4.79 Å². The van der Waals surface area contributed by atoms with Gasteiger partial charge in [0.15, 0.2) is 0 Å². The van der Waals surface area contributed by atoms with Crippen LogP contribution in [0.25, 0.3) is 10.9 Å². The second-order valence-electron chi connectivity index (χ2n) is 3.97. The van der Waals surface area contributed by atoms with Crippen molar-refractivity contribution in [3.8, 4) is 0 Å². The summed E-state index contributed by atoms with van der Waals surface area (Å²) in [5.41, 5.74) is 5.99. The molecule has 5 heteroatoms. The highest BCUT2D eigenvalue weighted by molar-refractivity contribution is 5.78. The van der Waals surface area contributed by atoms with E-state index in [9.17, 15) is 4.79 Å². The number of hydrogen-bond acceptors (Lipinski definition) is 4. The number of fused-ring (bicyclic) bond motifs is 1. The highest BCUT2D eigenvalue weighted by Crippen LogP contribution is 2.12. The van der Waals surface area contributed by atoms with E-state index in [1.165, 1.54) is 0 Å². The molecule has 1 unspecified atom stereocenters. The van der Waals surface area contributed by atoms with Gasteiger partial charge in [-0.1, -0.05) is 18.2 Å². The topological polar surface area (TPSA) is 80.9 Å². The maximum Gasteiger partial charge on any atom is 0.223 e. The molecule has 0 fully saturated rings. The second kappa shape index (κ2) is 4.78. The van der Waals surface area contributed by atoms with Gasteiger partial charge in [-0.3, -0.25) is 4.79 Å². The van der Waals surface area contributed by atoms with Crippen LogP contribution in [0, 0.1) is 0 Å². The summed E-state index contributed by atoms with van der Waals surface area (Å²) in [5, 5.41) is 4.03. The molecule has 0 aliphatic rings. The molecule has 0 radical (unpaired) electrons. The Bertz CT molecular complexity index is 541. The van der Waals surface area contributed by atoms with Crippen LogP contribution in [0.3, 0.4) is 0 Å². The SMILES string of the molecule is CC(CC(N)=O)Nc1ncc2ccccc2n1. The van der Waals surface area contributed by atoms with E-state index in [2.05, 4.69) is 15.3 Å². The Balaban J connectivity index is 2.16. The number of benzene rings is 1. The van der Waals surface area contributed by atoms with E-state index >= 15 is 0 Å². The van der Waals surface area contributed by atoms with Crippen molar-refractivity contribution in [3.05, 3.63) is 30.5 Å². The number of carbonyl (C=O) groups is 1. The van der Waals surface area contributed by atoms with Gasteiger partial charge in [0.2, 0.25) is 11.9 Å². The van der Waals surface area contributed by atoms with Crippen molar-refractivity contribution in [2.45, 2.75) is 19.4 Å². The minimum absolute atomic E-state index is 0.0753. The number of aromatic nitrogens is 2. The number of anilines is 1. The van der Waals surface area contributed by atoms with E-state index in [-0.39, 0.29) is 18.4 Å². The second-order valence-corrected chi connectivity index (χ2v) is 3.97. The third-order valence-corrected chi connectivity index (χ3v) is 2.37. The van der Waals surface area contributed by atoms with E-state index in [1.807, 2.05) is 31.2 Å². The van der Waals surface area contributed by atoms with Gasteiger partial charge < -0.3 is 11.1 Å². The van der Waals surface area contributed by atoms with Crippen molar-refractivity contribution < 1.29 is 4.79 Å². The number of rotatable bonds is 4. The summed E-state index contributed by atoms with van der Waals surface area (Å²) in [6.07, 6.45) is 2.01. The average molecular weight is 230 g/mol. The molecule has 0 bridgehead atoms. The molecule has 2 aromatic rings. The fourth-order valence-corrected chi connectivity index (χ4v) is 1.61. The lowest BCUT2D eigenvalue weighted by Crippen LogP contribution is -2.24. The number of hydrogen-bond donors (Lipinski definition) is 2. The Morgan fingerprint density at radius 2 is 2.24 bits per heavy atom. The van der Waals surface area contributed by atoms with Crippen molar-refractivity contribution in [1.29, 1.82) is 0 Å². The number of para-hydroxylation sites is 1. The molecule has 1 amide bonds. The van der Waals surface area contributed by atoms with E-state index in [0.717, 1.165) is 10.9 Å². The fraction of sp³-hybridized carbons (Fsp3) is 0.250. The van der Waals surface area contributed by atoms with Gasteiger partial charge in [-0.25, -0.2) is 9.97 Å². The fourth-order valence-electron chi connectivity index (χ4n) is 1.61. The lowest BCUT2D eigenvalue weighted by molar-refractivity contribution is -0.118. The third kappa shape index (κ3) is 2.90. The Labute approximate surface area is 99.1 Å². The Morgan fingerprint density at radius 1 is 1.47 bits per heavy atom. The molecule has 2 rings (SSSR count). The minimum Gasteiger partial charge on any atom is -0.370 e. The molecule has 17 heavy (non-hydrogen) atoms. The quantitative estimate of drug-likeness (QED) is 0.829. The van der Waals surface area contributed by atoms with Gasteiger partial charge in [0.25, 0.3) is 0 Å². The standard InChI is InChI=1S/C12H14N4O/c1-8(6-11(13)17)15-12-14-7-9-4-2-3-5-10(9)16-12/h2-5,7-8H,6H2,1H3,(H2,13,17)(H,14,15,16). The van der Waals surface area contributed by atoms with Crippen LogP contribution in [0.15, 0.2) is 30.5 Å². The molecule has 88 valence electrons. The van der Waals surface area contributed by atoms with Crippen LogP contribution < -0.4 is 11.1 Å². The number of carbonyl (C=O) groups excluding carboxylic acids is 1. The maximum absolute atomic E-state index is 10.8. The third-order valence-electron chi connectivity index (χ3n) is 2.37. The molecule has 0 aliphatic heterocycles. The number of primary amides is 1. The largest absolute Gasteiger partial charge is 0.370 e. The van der Waals surface area contributed by atoms with Gasteiger partial charge in [-0.05, 0) is 13.0 Å². The molecule has 0 saturated heterocycles. The van der Waals surface area contributed by atoms with Crippen LogP contribution in [0.5, 0.6) is 0 Å². The van der Waals surface area contributed by atoms with E-state index < -0.39 is 0 Å². The summed E-state index contributed by atoms with van der Waals surface area (Å²) in [4.78, 5) is 19.3. The smallest absolute Gasteiger partial charge is 0.223 e. The highest BCUT2D eigenvalue weighted by atomic mass is 16.1. The normalized spacial score (nSPS) is 12.3. The van der Waals surface area contributed by atoms with Gasteiger partial charge in [0.05, 0.1) is 5.52 Å². The molecule has 1 aromatic heterocycles. The lowest BCUT2D eigenvalue weighted by Gasteiger charge is -2.11. The zero-order valence-corrected chi connectivity index (χ0v) is 9.55. The Morgan fingerprint density at radius 3 is 3.00 bits per heavy atom. The van der Waals surface area contributed by atoms with Crippen LogP contribution >= 0.6 is 0 Å². The molecule has 1 aromatic carbocycles. The molecule has 0 spiro atoms. The van der Waals surface area contributed by atoms with Gasteiger partial charge in [0.1, 0.15) is 0 Å². The van der Waals surface area contributed by atoms with Crippen molar-refractivity contribution >= 4 is 22.8 Å². The van der Waals surface area contributed by atoms with Gasteiger partial charge in [0, 0.05) is 24.0 Å². The Hall–Kier alpha value is -2.17. The van der Waals surface area contributed by atoms with Crippen LogP contribution in [0.4, 0.5) is 5.95 Å². The summed E-state index contributed by atoms with van der Waals surface area (Å²) in [6, 6.07) is 7.65. The monoisotopic (exact) mass is 230 g/mol. The van der Waals surface area contributed by atoms with Crippen molar-refractivity contribution in [3.63, 3.8) is 0 Å². The Kier molecular flexibility index (Phi) is 3.18. The minimum atomic E-state index is -0.342. The number of nitrogens with two attached hydrogens (primary N) is 1. The first kappa shape index (κ1) is 11.3. The van der Waals surface area contributed by atoms with Gasteiger partial charge in [-0.2, -0.15) is 0 Å². The lowest BCUT2D eigenvalue weighted by atomic mass is 10.2. The zero-order chi connectivity index (χ0) is 12.3. The predicted molar refractivity (Wildman–Crippen MR) is 66.4 cm³/mol. The van der Waals surface area contributed by atoms with Crippen molar-refractivity contribution in [2.75, 3.05) is 5.32 Å². The van der Waals surface area contributed by atoms with Gasteiger partial charge >= 0.3 is 0 Å². The van der Waals surface area contributed by atoms with Crippen molar-refractivity contribution in [1.82, 2.24) is 9.97 Å². The van der Waals surface area contributed by atoms with Crippen LogP contribution in [-0.4, -0.2) is 21.9 Å². The molecule has 0 saturated carbocycles. The average Bonchev–Trinajstić information content (AvgIpc) is 2.27. The number of nitrogens with one attached hydrogen (secondary N) is 1.